The topological polar surface area (TPSA) is 113 Å². The summed E-state index contributed by atoms with van der Waals surface area (Å²) in [6.07, 6.45) is 1.56. The molecule has 0 aliphatic carbocycles. The number of ether oxygens (including phenoxy) is 1. The summed E-state index contributed by atoms with van der Waals surface area (Å²) in [5.41, 5.74) is 0.669. The maximum absolute atomic E-state index is 12.0. The van der Waals surface area contributed by atoms with Gasteiger partial charge in [0.15, 0.2) is 16.7 Å². The number of carbonyl (C=O) groups is 1. The van der Waals surface area contributed by atoms with E-state index in [1.165, 1.54) is 23.9 Å². The average Bonchev–Trinajstić information content (AvgIpc) is 3.33. The summed E-state index contributed by atoms with van der Waals surface area (Å²) in [5, 5.41) is 19.4. The van der Waals surface area contributed by atoms with Gasteiger partial charge in [-0.2, -0.15) is 0 Å². The van der Waals surface area contributed by atoms with Crippen LogP contribution in [0.5, 0.6) is 0 Å². The molecular weight excluding hydrogens is 372 g/mol. The Hall–Kier alpha value is -3.14. The van der Waals surface area contributed by atoms with Gasteiger partial charge >= 0.3 is 5.97 Å². The van der Waals surface area contributed by atoms with E-state index in [4.69, 9.17) is 9.15 Å². The normalized spacial score (nSPS) is 10.7. The highest BCUT2D eigenvalue weighted by Crippen LogP contribution is 2.24. The van der Waals surface area contributed by atoms with E-state index in [9.17, 15) is 14.9 Å². The Labute approximate surface area is 158 Å². The Bertz CT molecular complexity index is 921. The van der Waals surface area contributed by atoms with Gasteiger partial charge in [0.05, 0.1) is 16.9 Å². The van der Waals surface area contributed by atoms with Crippen molar-refractivity contribution in [1.29, 1.82) is 0 Å². The molecule has 0 N–H and O–H groups in total. The van der Waals surface area contributed by atoms with Crippen LogP contribution in [0.25, 0.3) is 11.6 Å². The molecule has 0 aliphatic rings. The molecule has 0 aliphatic heterocycles. The molecule has 3 rings (SSSR count). The van der Waals surface area contributed by atoms with Crippen LogP contribution in [0.15, 0.2) is 52.2 Å². The minimum Gasteiger partial charge on any atom is -0.461 e. The number of nitro benzene ring substituents is 1. The Kier molecular flexibility index (Phi) is 5.87. The summed E-state index contributed by atoms with van der Waals surface area (Å²) in [6.45, 7) is 2.63. The van der Waals surface area contributed by atoms with Gasteiger partial charge in [-0.1, -0.05) is 11.8 Å². The number of hydrogen-bond acceptors (Lipinski definition) is 8. The molecular formula is C17H16N4O5S. The molecule has 0 spiro atoms. The summed E-state index contributed by atoms with van der Waals surface area (Å²) >= 11 is 1.22. The third-order valence-electron chi connectivity index (χ3n) is 3.64. The van der Waals surface area contributed by atoms with E-state index < -0.39 is 10.9 Å². The maximum atomic E-state index is 12.0. The lowest BCUT2D eigenvalue weighted by Crippen LogP contribution is -2.08. The molecule has 0 saturated carbocycles. The van der Waals surface area contributed by atoms with Crippen molar-refractivity contribution in [3.63, 3.8) is 0 Å². The maximum Gasteiger partial charge on any atom is 0.316 e. The largest absolute Gasteiger partial charge is 0.461 e. The van der Waals surface area contributed by atoms with Crippen LogP contribution in [-0.2, 0) is 22.7 Å². The Balaban J connectivity index is 1.54. The highest BCUT2D eigenvalue weighted by Gasteiger charge is 2.16. The average molecular weight is 388 g/mol. The van der Waals surface area contributed by atoms with Gasteiger partial charge in [0.2, 0.25) is 0 Å². The Morgan fingerprint density at radius 2 is 2.07 bits per heavy atom. The molecule has 0 atom stereocenters. The molecule has 9 nitrogen and oxygen atoms in total. The van der Waals surface area contributed by atoms with Crippen molar-refractivity contribution in [2.24, 2.45) is 0 Å². The van der Waals surface area contributed by atoms with Crippen molar-refractivity contribution in [2.45, 2.75) is 25.2 Å². The number of nitrogens with zero attached hydrogens (tertiary/aromatic N) is 4. The zero-order valence-corrected chi connectivity index (χ0v) is 15.2. The van der Waals surface area contributed by atoms with Gasteiger partial charge in [-0.15, -0.1) is 10.2 Å². The van der Waals surface area contributed by atoms with Crippen LogP contribution >= 0.6 is 11.8 Å². The lowest BCUT2D eigenvalue weighted by Gasteiger charge is -2.06. The fourth-order valence-corrected chi connectivity index (χ4v) is 3.11. The number of esters is 1. The van der Waals surface area contributed by atoms with Crippen molar-refractivity contribution >= 4 is 23.4 Å². The first-order valence-corrected chi connectivity index (χ1v) is 9.06. The second-order valence-electron chi connectivity index (χ2n) is 5.40. The summed E-state index contributed by atoms with van der Waals surface area (Å²) in [4.78, 5) is 22.1. The van der Waals surface area contributed by atoms with Crippen LogP contribution in [0, 0.1) is 10.1 Å². The molecule has 27 heavy (non-hydrogen) atoms. The third kappa shape index (κ3) is 4.53. The molecule has 1 aromatic carbocycles. The van der Waals surface area contributed by atoms with Crippen LogP contribution in [0.3, 0.4) is 0 Å². The molecule has 3 aromatic rings. The van der Waals surface area contributed by atoms with Crippen LogP contribution in [0.2, 0.25) is 0 Å². The molecule has 140 valence electrons. The minimum atomic E-state index is -0.479. The van der Waals surface area contributed by atoms with Gasteiger partial charge in [-0.3, -0.25) is 19.5 Å². The first-order valence-electron chi connectivity index (χ1n) is 8.07. The van der Waals surface area contributed by atoms with E-state index in [-0.39, 0.29) is 18.0 Å². The number of thioether (sulfide) groups is 1. The number of aromatic nitrogens is 3. The molecule has 0 fully saturated rings. The summed E-state index contributed by atoms with van der Waals surface area (Å²) in [7, 11) is 0. The molecule has 10 heteroatoms. The fraction of sp³-hybridized carbons (Fsp3) is 0.235. The lowest BCUT2D eigenvalue weighted by molar-refractivity contribution is -0.384. The molecule has 2 heterocycles. The minimum absolute atomic E-state index is 0.00750. The number of hydrogen-bond donors (Lipinski definition) is 0. The van der Waals surface area contributed by atoms with Crippen LogP contribution < -0.4 is 0 Å². The summed E-state index contributed by atoms with van der Waals surface area (Å²) in [5.74, 6) is 0.869. The predicted molar refractivity (Wildman–Crippen MR) is 97.0 cm³/mol. The second kappa shape index (κ2) is 8.49. The molecule has 0 unspecified atom stereocenters. The smallest absolute Gasteiger partial charge is 0.316 e. The second-order valence-corrected chi connectivity index (χ2v) is 6.34. The van der Waals surface area contributed by atoms with E-state index in [0.717, 1.165) is 0 Å². The lowest BCUT2D eigenvalue weighted by atomic mass is 10.2. The number of nitro groups is 1. The predicted octanol–water partition coefficient (Wildman–Crippen LogP) is 3.30. The summed E-state index contributed by atoms with van der Waals surface area (Å²) in [6, 6.07) is 9.43. The zero-order chi connectivity index (χ0) is 19.2. The fourth-order valence-electron chi connectivity index (χ4n) is 2.31. The quantitative estimate of drug-likeness (QED) is 0.250. The number of carbonyl (C=O) groups excluding carboxylic acids is 1. The molecule has 0 bridgehead atoms. The van der Waals surface area contributed by atoms with Gasteiger partial charge in [0, 0.05) is 18.7 Å². The van der Waals surface area contributed by atoms with E-state index >= 15 is 0 Å². The number of furan rings is 1. The van der Waals surface area contributed by atoms with Crippen molar-refractivity contribution in [2.75, 3.05) is 5.75 Å². The third-order valence-corrected chi connectivity index (χ3v) is 4.58. The van der Waals surface area contributed by atoms with E-state index in [2.05, 4.69) is 10.2 Å². The number of rotatable bonds is 8. The first-order chi connectivity index (χ1) is 13.1. The standard InChI is InChI=1S/C17H16N4O5S/c1-2-20-16(14-4-3-9-25-14)18-19-17(20)27-11-15(22)26-10-12-5-7-13(8-6-12)21(23)24/h3-9H,2,10-11H2,1H3. The van der Waals surface area contributed by atoms with Crippen molar-refractivity contribution in [3.8, 4) is 11.6 Å². The first kappa shape index (κ1) is 18.6. The van der Waals surface area contributed by atoms with E-state index in [0.29, 0.717) is 28.8 Å². The van der Waals surface area contributed by atoms with Gasteiger partial charge in [-0.05, 0) is 36.8 Å². The highest BCUT2D eigenvalue weighted by atomic mass is 32.2. The van der Waals surface area contributed by atoms with Gasteiger partial charge in [0.1, 0.15) is 6.61 Å². The van der Waals surface area contributed by atoms with Gasteiger partial charge in [0.25, 0.3) is 5.69 Å². The molecule has 0 saturated heterocycles. The van der Waals surface area contributed by atoms with Crippen LogP contribution in [0.4, 0.5) is 5.69 Å². The number of benzene rings is 1. The SMILES string of the molecule is CCn1c(SCC(=O)OCc2ccc([N+](=O)[O-])cc2)nnc1-c1ccco1. The monoisotopic (exact) mass is 388 g/mol. The zero-order valence-electron chi connectivity index (χ0n) is 14.4. The van der Waals surface area contributed by atoms with Crippen molar-refractivity contribution in [1.82, 2.24) is 14.8 Å². The molecule has 0 radical (unpaired) electrons. The van der Waals surface area contributed by atoms with Crippen molar-refractivity contribution in [3.05, 3.63) is 58.3 Å². The van der Waals surface area contributed by atoms with E-state index in [1.54, 1.807) is 30.5 Å². The number of non-ortho nitro benzene ring substituents is 1. The summed E-state index contributed by atoms with van der Waals surface area (Å²) < 4.78 is 12.4. The van der Waals surface area contributed by atoms with E-state index in [1.807, 2.05) is 11.5 Å². The highest BCUT2D eigenvalue weighted by molar-refractivity contribution is 7.99. The Morgan fingerprint density at radius 1 is 1.30 bits per heavy atom. The molecule has 0 amide bonds. The van der Waals surface area contributed by atoms with Gasteiger partial charge < -0.3 is 9.15 Å². The Morgan fingerprint density at radius 3 is 2.70 bits per heavy atom. The van der Waals surface area contributed by atoms with Crippen LogP contribution in [-0.4, -0.2) is 31.4 Å². The molecule has 2 aromatic heterocycles. The van der Waals surface area contributed by atoms with Gasteiger partial charge in [-0.25, -0.2) is 0 Å². The van der Waals surface area contributed by atoms with Crippen LogP contribution in [0.1, 0.15) is 12.5 Å². The van der Waals surface area contributed by atoms with Crippen molar-refractivity contribution < 1.29 is 18.9 Å².